The molecular weight excluding hydrogens is 519 g/mol. The number of furan rings is 1. The summed E-state index contributed by atoms with van der Waals surface area (Å²) in [4.78, 5) is 48.5. The third-order valence-electron chi connectivity index (χ3n) is 5.24. The lowest BCUT2D eigenvalue weighted by molar-refractivity contribution is -0.387. The Labute approximate surface area is 220 Å². The van der Waals surface area contributed by atoms with Gasteiger partial charge in [-0.3, -0.25) is 14.9 Å². The Hall–Kier alpha value is -4.63. The van der Waals surface area contributed by atoms with Crippen molar-refractivity contribution in [2.45, 2.75) is 27.2 Å². The molecular formula is C26H21FN2O8S. The fourth-order valence-electron chi connectivity index (χ4n) is 3.51. The maximum absolute atomic E-state index is 13.6. The summed E-state index contributed by atoms with van der Waals surface area (Å²) in [6, 6.07) is 7.93. The number of ketones is 1. The highest BCUT2D eigenvalue weighted by atomic mass is 32.1. The molecule has 0 aliphatic heterocycles. The zero-order valence-electron chi connectivity index (χ0n) is 20.5. The number of carbonyl (C=O) groups is 3. The molecule has 0 N–H and O–H groups in total. The molecule has 196 valence electrons. The Balaban J connectivity index is 1.92. The predicted octanol–water partition coefficient (Wildman–Crippen LogP) is 5.44. The maximum Gasteiger partial charge on any atom is 0.348 e. The van der Waals surface area contributed by atoms with Crippen molar-refractivity contribution in [3.63, 3.8) is 0 Å². The number of ether oxygens (including phenoxy) is 2. The van der Waals surface area contributed by atoms with Crippen LogP contribution in [0.15, 0.2) is 40.3 Å². The molecule has 0 radical (unpaired) electrons. The number of carbonyl (C=O) groups excluding carboxylic acids is 3. The molecule has 0 unspecified atom stereocenters. The first-order valence-corrected chi connectivity index (χ1v) is 12.1. The summed E-state index contributed by atoms with van der Waals surface area (Å²) in [6.07, 6.45) is 0.816. The average Bonchev–Trinajstić information content (AvgIpc) is 3.47. The van der Waals surface area contributed by atoms with Crippen molar-refractivity contribution >= 4 is 40.8 Å². The maximum atomic E-state index is 13.6. The normalized spacial score (nSPS) is 11.1. The van der Waals surface area contributed by atoms with Crippen LogP contribution in [-0.2, 0) is 20.7 Å². The lowest BCUT2D eigenvalue weighted by Crippen LogP contribution is -2.12. The minimum absolute atomic E-state index is 0.0729. The van der Waals surface area contributed by atoms with Crippen molar-refractivity contribution < 1.29 is 37.6 Å². The van der Waals surface area contributed by atoms with E-state index in [9.17, 15) is 34.2 Å². The smallest absolute Gasteiger partial charge is 0.348 e. The first-order valence-electron chi connectivity index (χ1n) is 11.3. The number of allylic oxidation sites excluding steroid dienone is 1. The number of nitro benzene ring substituents is 1. The molecule has 2 heterocycles. The molecule has 0 spiro atoms. The van der Waals surface area contributed by atoms with E-state index < -0.39 is 34.1 Å². The molecule has 0 saturated carbocycles. The van der Waals surface area contributed by atoms with Crippen LogP contribution >= 0.6 is 11.3 Å². The number of esters is 2. The van der Waals surface area contributed by atoms with E-state index in [1.807, 2.05) is 0 Å². The number of benzene rings is 1. The van der Waals surface area contributed by atoms with E-state index in [0.717, 1.165) is 23.5 Å². The first kappa shape index (κ1) is 27.9. The number of nitro groups is 1. The molecule has 3 rings (SSSR count). The van der Waals surface area contributed by atoms with Crippen molar-refractivity contribution in [1.29, 1.82) is 5.26 Å². The first-order chi connectivity index (χ1) is 18.1. The number of nitrogens with zero attached hydrogens (tertiary/aromatic N) is 2. The number of hydrogen-bond donors (Lipinski definition) is 0. The van der Waals surface area contributed by atoms with Gasteiger partial charge in [0.15, 0.2) is 5.78 Å². The Bertz CT molecular complexity index is 1500. The molecule has 0 fully saturated rings. The molecule has 0 saturated heterocycles. The van der Waals surface area contributed by atoms with Crippen LogP contribution in [0, 0.1) is 34.2 Å². The second-order valence-electron chi connectivity index (χ2n) is 7.69. The lowest BCUT2D eigenvalue weighted by Gasteiger charge is -2.05. The molecule has 0 aliphatic carbocycles. The highest BCUT2D eigenvalue weighted by Crippen LogP contribution is 2.32. The van der Waals surface area contributed by atoms with Crippen molar-refractivity contribution in [2.24, 2.45) is 0 Å². The minimum atomic E-state index is -1.00. The Morgan fingerprint density at radius 2 is 1.84 bits per heavy atom. The fraction of sp³-hybridized carbons (Fsp3) is 0.231. The molecule has 3 aromatic rings. The van der Waals surface area contributed by atoms with Crippen LogP contribution in [0.1, 0.15) is 50.1 Å². The van der Waals surface area contributed by atoms with Crippen LogP contribution in [0.2, 0.25) is 0 Å². The van der Waals surface area contributed by atoms with Gasteiger partial charge in [-0.1, -0.05) is 0 Å². The fourth-order valence-corrected chi connectivity index (χ4v) is 4.69. The third-order valence-corrected chi connectivity index (χ3v) is 6.51. The van der Waals surface area contributed by atoms with Gasteiger partial charge in [-0.25, -0.2) is 9.59 Å². The molecule has 0 atom stereocenters. The van der Waals surface area contributed by atoms with Gasteiger partial charge in [-0.05, 0) is 50.6 Å². The average molecular weight is 541 g/mol. The summed E-state index contributed by atoms with van der Waals surface area (Å²) in [5.74, 6) is -2.74. The van der Waals surface area contributed by atoms with Crippen LogP contribution < -0.4 is 0 Å². The van der Waals surface area contributed by atoms with Gasteiger partial charge in [0.2, 0.25) is 5.82 Å². The van der Waals surface area contributed by atoms with Crippen molar-refractivity contribution in [3.05, 3.63) is 78.5 Å². The number of halogens is 1. The summed E-state index contributed by atoms with van der Waals surface area (Å²) in [5.41, 5.74) is -0.406. The van der Waals surface area contributed by atoms with Crippen molar-refractivity contribution in [1.82, 2.24) is 0 Å². The molecule has 0 aliphatic rings. The minimum Gasteiger partial charge on any atom is -0.462 e. The van der Waals surface area contributed by atoms with Crippen molar-refractivity contribution in [2.75, 3.05) is 13.2 Å². The van der Waals surface area contributed by atoms with E-state index in [2.05, 4.69) is 0 Å². The van der Waals surface area contributed by atoms with Gasteiger partial charge in [0.1, 0.15) is 22.5 Å². The van der Waals surface area contributed by atoms with E-state index in [1.165, 1.54) is 24.3 Å². The highest BCUT2D eigenvalue weighted by molar-refractivity contribution is 7.14. The Morgan fingerprint density at radius 1 is 1.16 bits per heavy atom. The highest BCUT2D eigenvalue weighted by Gasteiger charge is 2.28. The van der Waals surface area contributed by atoms with E-state index >= 15 is 0 Å². The van der Waals surface area contributed by atoms with Crippen LogP contribution in [-0.4, -0.2) is 35.9 Å². The van der Waals surface area contributed by atoms with E-state index in [4.69, 9.17) is 13.9 Å². The van der Waals surface area contributed by atoms with Crippen LogP contribution in [0.3, 0.4) is 0 Å². The Kier molecular flexibility index (Phi) is 8.88. The quantitative estimate of drug-likeness (QED) is 0.108. The number of nitriles is 1. The predicted molar refractivity (Wildman–Crippen MR) is 134 cm³/mol. The number of hydrogen-bond acceptors (Lipinski definition) is 10. The molecule has 1 aromatic carbocycles. The van der Waals surface area contributed by atoms with E-state index in [1.54, 1.807) is 26.8 Å². The summed E-state index contributed by atoms with van der Waals surface area (Å²) >= 11 is 0.915. The van der Waals surface area contributed by atoms with Gasteiger partial charge < -0.3 is 13.9 Å². The molecule has 12 heteroatoms. The van der Waals surface area contributed by atoms with Crippen LogP contribution in [0.5, 0.6) is 0 Å². The zero-order valence-corrected chi connectivity index (χ0v) is 21.3. The number of Topliss-reactive ketones (excluding diaryl/α,β-unsaturated/α-hetero) is 1. The molecule has 2 aromatic heterocycles. The van der Waals surface area contributed by atoms with E-state index in [-0.39, 0.29) is 57.6 Å². The Morgan fingerprint density at radius 3 is 2.47 bits per heavy atom. The van der Waals surface area contributed by atoms with Gasteiger partial charge in [-0.15, -0.1) is 11.3 Å². The topological polar surface area (TPSA) is 150 Å². The van der Waals surface area contributed by atoms with Gasteiger partial charge in [0.05, 0.1) is 29.3 Å². The lowest BCUT2D eigenvalue weighted by atomic mass is 10.0. The molecule has 0 bridgehead atoms. The summed E-state index contributed by atoms with van der Waals surface area (Å²) < 4.78 is 29.4. The zero-order chi connectivity index (χ0) is 28.0. The largest absolute Gasteiger partial charge is 0.462 e. The van der Waals surface area contributed by atoms with Gasteiger partial charge in [0.25, 0.3) is 0 Å². The SMILES string of the molecule is CCOC(=O)c1sc(CC(=O)/C(C#N)=C/c2ccc(-c3ccc(F)c([N+](=O)[O-])c3)o2)c(C(=O)OCC)c1C. The number of thiophene rings is 1. The third kappa shape index (κ3) is 6.01. The van der Waals surface area contributed by atoms with E-state index in [0.29, 0.717) is 5.56 Å². The standard InChI is InChI=1S/C26H21FN2O8S/c1-4-35-25(31)23-14(3)24(26(32)36-5-2)38-22(23)12-20(30)16(13-28)10-17-7-9-21(37-17)15-6-8-18(27)19(11-15)29(33)34/h6-11H,4-5,12H2,1-3H3/b16-10+. The molecule has 0 amide bonds. The summed E-state index contributed by atoms with van der Waals surface area (Å²) in [5, 5.41) is 20.6. The monoisotopic (exact) mass is 540 g/mol. The molecule has 38 heavy (non-hydrogen) atoms. The van der Waals surface area contributed by atoms with Gasteiger partial charge >= 0.3 is 17.6 Å². The molecule has 10 nitrogen and oxygen atoms in total. The number of rotatable bonds is 10. The van der Waals surface area contributed by atoms with Crippen LogP contribution in [0.25, 0.3) is 17.4 Å². The van der Waals surface area contributed by atoms with Crippen LogP contribution in [0.4, 0.5) is 10.1 Å². The second-order valence-corrected chi connectivity index (χ2v) is 8.80. The van der Waals surface area contributed by atoms with Gasteiger partial charge in [0, 0.05) is 29.0 Å². The summed E-state index contributed by atoms with van der Waals surface area (Å²) in [7, 11) is 0. The summed E-state index contributed by atoms with van der Waals surface area (Å²) in [6.45, 7) is 5.01. The second kappa shape index (κ2) is 12.1. The van der Waals surface area contributed by atoms with Gasteiger partial charge in [-0.2, -0.15) is 9.65 Å². The van der Waals surface area contributed by atoms with Crippen molar-refractivity contribution in [3.8, 4) is 17.4 Å².